The number of aromatic nitrogens is 1. The van der Waals surface area contributed by atoms with E-state index in [9.17, 15) is 16.8 Å². The van der Waals surface area contributed by atoms with Crippen LogP contribution in [0.2, 0.25) is 10.3 Å². The maximum absolute atomic E-state index is 12.3. The van der Waals surface area contributed by atoms with E-state index in [2.05, 4.69) is 9.71 Å². The zero-order chi connectivity index (χ0) is 15.8. The topological polar surface area (TPSA) is 93.2 Å². The molecule has 0 unspecified atom stereocenters. The van der Waals surface area contributed by atoms with E-state index in [0.717, 1.165) is 0 Å². The molecule has 0 radical (unpaired) electrons. The summed E-state index contributed by atoms with van der Waals surface area (Å²) in [7, 11) is -6.85. The summed E-state index contributed by atoms with van der Waals surface area (Å²) in [6.07, 6.45) is 0.157. The zero-order valence-corrected chi connectivity index (χ0v) is 14.3. The van der Waals surface area contributed by atoms with Crippen LogP contribution in [0.25, 0.3) is 0 Å². The van der Waals surface area contributed by atoms with E-state index in [0.29, 0.717) is 5.56 Å². The molecule has 1 N–H and O–H groups in total. The minimum absolute atomic E-state index is 0.0352. The zero-order valence-electron chi connectivity index (χ0n) is 11.1. The SMILES string of the molecule is Cc1cc(Cl)nc(Cl)c1NS(=O)(=O)C1CCS(=O)(=O)CC1. The van der Waals surface area contributed by atoms with Gasteiger partial charge in [-0.25, -0.2) is 21.8 Å². The fourth-order valence-electron chi connectivity index (χ4n) is 2.12. The molecule has 2 heterocycles. The van der Waals surface area contributed by atoms with Crippen molar-refractivity contribution in [2.24, 2.45) is 0 Å². The normalized spacial score (nSPS) is 19.4. The summed E-state index contributed by atoms with van der Waals surface area (Å²) in [6, 6.07) is 1.50. The van der Waals surface area contributed by atoms with Crippen molar-refractivity contribution < 1.29 is 16.8 Å². The second kappa shape index (κ2) is 5.91. The number of nitrogens with zero attached hydrogens (tertiary/aromatic N) is 1. The molecule has 1 fully saturated rings. The smallest absolute Gasteiger partial charge is 0.235 e. The van der Waals surface area contributed by atoms with Crippen LogP contribution in [0.4, 0.5) is 5.69 Å². The van der Waals surface area contributed by atoms with E-state index < -0.39 is 25.1 Å². The third kappa shape index (κ3) is 4.00. The van der Waals surface area contributed by atoms with Crippen molar-refractivity contribution in [3.05, 3.63) is 21.9 Å². The summed E-state index contributed by atoms with van der Waals surface area (Å²) < 4.78 is 49.8. The van der Waals surface area contributed by atoms with Gasteiger partial charge in [-0.2, -0.15) is 0 Å². The van der Waals surface area contributed by atoms with E-state index >= 15 is 0 Å². The van der Waals surface area contributed by atoms with Crippen LogP contribution in [-0.2, 0) is 19.9 Å². The Kier molecular flexibility index (Phi) is 4.72. The van der Waals surface area contributed by atoms with E-state index in [4.69, 9.17) is 23.2 Å². The van der Waals surface area contributed by atoms with E-state index in [1.54, 1.807) is 6.92 Å². The molecule has 0 spiro atoms. The summed E-state index contributed by atoms with van der Waals surface area (Å²) >= 11 is 11.6. The highest BCUT2D eigenvalue weighted by Gasteiger charge is 2.33. The molecular formula is C11H14Cl2N2O4S2. The molecule has 0 aromatic carbocycles. The molecular weight excluding hydrogens is 359 g/mol. The minimum Gasteiger partial charge on any atom is -0.280 e. The second-order valence-electron chi connectivity index (χ2n) is 4.93. The number of sulfonamides is 1. The first-order chi connectivity index (χ1) is 9.61. The Labute approximate surface area is 133 Å². The van der Waals surface area contributed by atoms with Gasteiger partial charge in [0.25, 0.3) is 0 Å². The van der Waals surface area contributed by atoms with Crippen LogP contribution in [0, 0.1) is 6.92 Å². The third-order valence-corrected chi connectivity index (χ3v) is 7.35. The van der Waals surface area contributed by atoms with Gasteiger partial charge >= 0.3 is 0 Å². The lowest BCUT2D eigenvalue weighted by Crippen LogP contribution is -2.36. The van der Waals surface area contributed by atoms with Gasteiger partial charge in [0, 0.05) is 0 Å². The Morgan fingerprint density at radius 2 is 1.86 bits per heavy atom. The van der Waals surface area contributed by atoms with Crippen LogP contribution in [0.15, 0.2) is 6.07 Å². The van der Waals surface area contributed by atoms with Crippen LogP contribution in [0.3, 0.4) is 0 Å². The van der Waals surface area contributed by atoms with Crippen molar-refractivity contribution in [3.63, 3.8) is 0 Å². The molecule has 0 atom stereocenters. The van der Waals surface area contributed by atoms with Gasteiger partial charge in [0.15, 0.2) is 5.15 Å². The number of aryl methyl sites for hydroxylation is 1. The molecule has 1 aliphatic heterocycles. The summed E-state index contributed by atoms with van der Waals surface area (Å²) in [5.74, 6) is -0.242. The van der Waals surface area contributed by atoms with Crippen LogP contribution in [0.5, 0.6) is 0 Å². The van der Waals surface area contributed by atoms with Crippen molar-refractivity contribution in [2.75, 3.05) is 16.2 Å². The maximum Gasteiger partial charge on any atom is 0.235 e. The predicted octanol–water partition coefficient (Wildman–Crippen LogP) is 2.02. The van der Waals surface area contributed by atoms with Gasteiger partial charge in [-0.15, -0.1) is 0 Å². The van der Waals surface area contributed by atoms with Crippen molar-refractivity contribution >= 4 is 48.7 Å². The van der Waals surface area contributed by atoms with Crippen LogP contribution >= 0.6 is 23.2 Å². The largest absolute Gasteiger partial charge is 0.280 e. The summed E-state index contributed by atoms with van der Waals surface area (Å²) in [5, 5.41) is -0.622. The molecule has 1 aliphatic rings. The van der Waals surface area contributed by atoms with Gasteiger partial charge in [-0.1, -0.05) is 23.2 Å². The van der Waals surface area contributed by atoms with E-state index in [-0.39, 0.29) is 40.3 Å². The summed E-state index contributed by atoms with van der Waals surface area (Å²) in [4.78, 5) is 3.79. The van der Waals surface area contributed by atoms with Gasteiger partial charge in [0.05, 0.1) is 22.4 Å². The average Bonchev–Trinajstić information content (AvgIpc) is 2.33. The van der Waals surface area contributed by atoms with Crippen LogP contribution in [0.1, 0.15) is 18.4 Å². The first-order valence-corrected chi connectivity index (χ1v) is 10.3. The molecule has 0 amide bonds. The highest BCUT2D eigenvalue weighted by atomic mass is 35.5. The molecule has 21 heavy (non-hydrogen) atoms. The molecule has 10 heteroatoms. The fraction of sp³-hybridized carbons (Fsp3) is 0.545. The number of rotatable bonds is 3. The molecule has 1 aromatic rings. The average molecular weight is 373 g/mol. The molecule has 0 aliphatic carbocycles. The molecule has 6 nitrogen and oxygen atoms in total. The lowest BCUT2D eigenvalue weighted by Gasteiger charge is -2.23. The van der Waals surface area contributed by atoms with Gasteiger partial charge in [-0.05, 0) is 31.4 Å². The van der Waals surface area contributed by atoms with Crippen LogP contribution in [-0.4, -0.2) is 38.6 Å². The van der Waals surface area contributed by atoms with E-state index in [1.807, 2.05) is 0 Å². The number of nitrogens with one attached hydrogen (secondary N) is 1. The fourth-order valence-corrected chi connectivity index (χ4v) is 6.11. The van der Waals surface area contributed by atoms with Crippen molar-refractivity contribution in [3.8, 4) is 0 Å². The Morgan fingerprint density at radius 1 is 1.29 bits per heavy atom. The number of anilines is 1. The van der Waals surface area contributed by atoms with Crippen molar-refractivity contribution in [1.82, 2.24) is 4.98 Å². The lowest BCUT2D eigenvalue weighted by molar-refractivity contribution is 0.555. The first-order valence-electron chi connectivity index (χ1n) is 6.15. The number of sulfone groups is 1. The predicted molar refractivity (Wildman–Crippen MR) is 83.2 cm³/mol. The standard InChI is InChI=1S/C11H14Cl2N2O4S2/c1-7-6-9(12)14-11(13)10(7)15-21(18,19)8-2-4-20(16,17)5-3-8/h6,8,15H,2-5H2,1H3. The molecule has 1 aromatic heterocycles. The quantitative estimate of drug-likeness (QED) is 0.819. The van der Waals surface area contributed by atoms with Crippen molar-refractivity contribution in [1.29, 1.82) is 0 Å². The summed E-state index contributed by atoms with van der Waals surface area (Å²) in [6.45, 7) is 1.66. The highest BCUT2D eigenvalue weighted by molar-refractivity contribution is 7.94. The molecule has 118 valence electrons. The van der Waals surface area contributed by atoms with Gasteiger partial charge in [0.1, 0.15) is 15.0 Å². The number of hydrogen-bond donors (Lipinski definition) is 1. The summed E-state index contributed by atoms with van der Waals surface area (Å²) in [5.41, 5.74) is 0.724. The third-order valence-electron chi connectivity index (χ3n) is 3.33. The number of pyridine rings is 1. The molecule has 0 saturated carbocycles. The Bertz CT molecular complexity index is 725. The minimum atomic E-state index is -3.73. The number of halogens is 2. The Balaban J connectivity index is 2.23. The van der Waals surface area contributed by atoms with Gasteiger partial charge in [-0.3, -0.25) is 4.72 Å². The Morgan fingerprint density at radius 3 is 2.38 bits per heavy atom. The molecule has 2 rings (SSSR count). The Hall–Kier alpha value is -0.570. The number of hydrogen-bond acceptors (Lipinski definition) is 5. The first kappa shape index (κ1) is 16.8. The highest BCUT2D eigenvalue weighted by Crippen LogP contribution is 2.29. The lowest BCUT2D eigenvalue weighted by atomic mass is 10.2. The van der Waals surface area contributed by atoms with Gasteiger partial charge < -0.3 is 0 Å². The van der Waals surface area contributed by atoms with Crippen molar-refractivity contribution in [2.45, 2.75) is 25.0 Å². The molecule has 0 bridgehead atoms. The van der Waals surface area contributed by atoms with Crippen LogP contribution < -0.4 is 4.72 Å². The monoisotopic (exact) mass is 372 g/mol. The maximum atomic E-state index is 12.3. The van der Waals surface area contributed by atoms with E-state index in [1.165, 1.54) is 6.07 Å². The molecule has 1 saturated heterocycles. The van der Waals surface area contributed by atoms with Gasteiger partial charge in [0.2, 0.25) is 10.0 Å². The second-order valence-corrected chi connectivity index (χ2v) is 9.94.